The fraction of sp³-hybridized carbons (Fsp3) is 0.956. The highest BCUT2D eigenvalue weighted by Crippen LogP contribution is 2.38. The van der Waals surface area contributed by atoms with Crippen LogP contribution in [0.15, 0.2) is 0 Å². The Balaban J connectivity index is 4.28. The van der Waals surface area contributed by atoms with Crippen LogP contribution < -0.4 is 4.89 Å². The van der Waals surface area contributed by atoms with Gasteiger partial charge in [0.05, 0.1) is 27.7 Å². The van der Waals surface area contributed by atoms with Crippen molar-refractivity contribution in [1.82, 2.24) is 0 Å². The largest absolute Gasteiger partial charge is 0.756 e. The van der Waals surface area contributed by atoms with E-state index in [9.17, 15) is 19.0 Å². The van der Waals surface area contributed by atoms with Crippen molar-refractivity contribution in [3.63, 3.8) is 0 Å². The number of unbranched alkanes of at least 4 members (excludes halogenated alkanes) is 29. The van der Waals surface area contributed by atoms with Gasteiger partial charge < -0.3 is 27.9 Å². The second kappa shape index (κ2) is 38.5. The minimum atomic E-state index is -4.62. The van der Waals surface area contributed by atoms with Gasteiger partial charge >= 0.3 is 11.9 Å². The Hall–Kier alpha value is -0.990. The van der Waals surface area contributed by atoms with E-state index < -0.39 is 26.5 Å². The maximum Gasteiger partial charge on any atom is 0.306 e. The second-order valence-electron chi connectivity index (χ2n) is 17.1. The van der Waals surface area contributed by atoms with E-state index in [-0.39, 0.29) is 32.0 Å². The highest BCUT2D eigenvalue weighted by Gasteiger charge is 2.21. The lowest BCUT2D eigenvalue weighted by atomic mass is 10.0. The van der Waals surface area contributed by atoms with E-state index in [1.165, 1.54) is 161 Å². The van der Waals surface area contributed by atoms with E-state index in [2.05, 4.69) is 13.8 Å². The van der Waals surface area contributed by atoms with Gasteiger partial charge in [0.1, 0.15) is 19.8 Å². The Kier molecular flexibility index (Phi) is 37.8. The monoisotopic (exact) mass is 804 g/mol. The summed E-state index contributed by atoms with van der Waals surface area (Å²) >= 11 is 0. The molecule has 0 aliphatic carbocycles. The molecule has 0 aromatic heterocycles. The average Bonchev–Trinajstić information content (AvgIpc) is 3.13. The van der Waals surface area contributed by atoms with Crippen molar-refractivity contribution >= 4 is 19.8 Å². The Morgan fingerprint density at radius 3 is 1.16 bits per heavy atom. The first-order chi connectivity index (χ1) is 26.5. The smallest absolute Gasteiger partial charge is 0.306 e. The minimum absolute atomic E-state index is 0.0256. The average molecular weight is 804 g/mol. The van der Waals surface area contributed by atoms with E-state index in [0.29, 0.717) is 17.4 Å². The number of nitrogens with zero attached hydrogens (tertiary/aromatic N) is 1. The van der Waals surface area contributed by atoms with Crippen molar-refractivity contribution in [2.24, 2.45) is 0 Å². The number of hydrogen-bond donors (Lipinski definition) is 0. The van der Waals surface area contributed by atoms with Gasteiger partial charge in [-0.25, -0.2) is 0 Å². The molecular weight excluding hydrogens is 713 g/mol. The van der Waals surface area contributed by atoms with Crippen LogP contribution in [0.4, 0.5) is 0 Å². The van der Waals surface area contributed by atoms with Crippen LogP contribution in [-0.4, -0.2) is 70.0 Å². The normalized spacial score (nSPS) is 13.5. The molecule has 0 bridgehead atoms. The zero-order valence-electron chi connectivity index (χ0n) is 36.9. The number of phosphoric ester groups is 1. The quantitative estimate of drug-likeness (QED) is 0.0259. The number of hydrogen-bond acceptors (Lipinski definition) is 8. The van der Waals surface area contributed by atoms with Gasteiger partial charge in [-0.2, -0.15) is 0 Å². The summed E-state index contributed by atoms with van der Waals surface area (Å²) in [7, 11) is 1.18. The standard InChI is InChI=1S/C45H90NO8P/c1-6-8-10-12-14-16-18-20-22-23-24-26-28-30-32-34-36-38-45(48)54-43(42-53-55(49,50)52-40-39-46(3,4)5)41-51-44(47)37-35-33-31-29-27-25-21-19-17-15-13-11-9-7-2/h43H,6-42H2,1-5H3. The molecule has 0 radical (unpaired) electrons. The van der Waals surface area contributed by atoms with Crippen LogP contribution in [0.2, 0.25) is 0 Å². The van der Waals surface area contributed by atoms with Gasteiger partial charge in [0, 0.05) is 12.8 Å². The van der Waals surface area contributed by atoms with Crippen LogP contribution in [0.25, 0.3) is 0 Å². The lowest BCUT2D eigenvalue weighted by Gasteiger charge is -2.28. The molecule has 0 aromatic carbocycles. The van der Waals surface area contributed by atoms with Crippen molar-refractivity contribution in [3.8, 4) is 0 Å². The molecule has 2 atom stereocenters. The summed E-state index contributed by atoms with van der Waals surface area (Å²) in [6.45, 7) is 4.27. The summed E-state index contributed by atoms with van der Waals surface area (Å²) in [5, 5.41) is 0. The molecule has 55 heavy (non-hydrogen) atoms. The fourth-order valence-corrected chi connectivity index (χ4v) is 7.44. The number of carbonyl (C=O) groups is 2. The number of rotatable bonds is 43. The topological polar surface area (TPSA) is 111 Å². The second-order valence-corrected chi connectivity index (χ2v) is 18.5. The van der Waals surface area contributed by atoms with Crippen LogP contribution >= 0.6 is 7.82 Å². The molecule has 0 N–H and O–H groups in total. The van der Waals surface area contributed by atoms with Crippen LogP contribution in [0.3, 0.4) is 0 Å². The molecule has 0 aliphatic rings. The SMILES string of the molecule is CCCCCCCCCCCCCCCCCCCC(=O)OC(COC(=O)CCCCCCCCCCCCCCCC)COP(=O)([O-])OCC[N+](C)(C)C. The summed E-state index contributed by atoms with van der Waals surface area (Å²) in [6.07, 6.45) is 38.3. The molecule has 0 rings (SSSR count). The first-order valence-corrected chi connectivity index (χ1v) is 24.7. The lowest BCUT2D eigenvalue weighted by Crippen LogP contribution is -2.37. The number of carbonyl (C=O) groups excluding carboxylic acids is 2. The third-order valence-electron chi connectivity index (χ3n) is 10.4. The number of ether oxygens (including phenoxy) is 2. The third kappa shape index (κ3) is 42.4. The maximum absolute atomic E-state index is 12.7. The molecular formula is C45H90NO8P. The third-order valence-corrected chi connectivity index (χ3v) is 11.3. The number of quaternary nitrogens is 1. The molecule has 0 amide bonds. The first kappa shape index (κ1) is 54.0. The van der Waals surface area contributed by atoms with Gasteiger partial charge in [-0.3, -0.25) is 14.2 Å². The molecule has 0 fully saturated rings. The molecule has 0 saturated heterocycles. The van der Waals surface area contributed by atoms with Crippen molar-refractivity contribution < 1.29 is 42.1 Å². The molecule has 10 heteroatoms. The van der Waals surface area contributed by atoms with Gasteiger partial charge in [-0.15, -0.1) is 0 Å². The van der Waals surface area contributed by atoms with Crippen molar-refractivity contribution in [2.45, 2.75) is 232 Å². The predicted octanol–water partition coefficient (Wildman–Crippen LogP) is 12.6. The lowest BCUT2D eigenvalue weighted by molar-refractivity contribution is -0.870. The Morgan fingerprint density at radius 1 is 0.491 bits per heavy atom. The summed E-state index contributed by atoms with van der Waals surface area (Å²) in [4.78, 5) is 37.6. The summed E-state index contributed by atoms with van der Waals surface area (Å²) < 4.78 is 34.0. The predicted molar refractivity (Wildman–Crippen MR) is 227 cm³/mol. The van der Waals surface area contributed by atoms with Crippen molar-refractivity contribution in [3.05, 3.63) is 0 Å². The van der Waals surface area contributed by atoms with Gasteiger partial charge in [0.2, 0.25) is 0 Å². The van der Waals surface area contributed by atoms with Gasteiger partial charge in [0.25, 0.3) is 7.82 Å². The zero-order valence-corrected chi connectivity index (χ0v) is 37.8. The van der Waals surface area contributed by atoms with Gasteiger partial charge in [0.15, 0.2) is 6.10 Å². The van der Waals surface area contributed by atoms with Crippen LogP contribution in [0.5, 0.6) is 0 Å². The summed E-state index contributed by atoms with van der Waals surface area (Å²) in [5.41, 5.74) is 0. The van der Waals surface area contributed by atoms with Crippen LogP contribution in [0, 0.1) is 0 Å². The Morgan fingerprint density at radius 2 is 0.818 bits per heavy atom. The van der Waals surface area contributed by atoms with E-state index >= 15 is 0 Å². The van der Waals surface area contributed by atoms with Crippen molar-refractivity contribution in [2.75, 3.05) is 47.5 Å². The fourth-order valence-electron chi connectivity index (χ4n) is 6.72. The highest BCUT2D eigenvalue weighted by molar-refractivity contribution is 7.45. The molecule has 2 unspecified atom stereocenters. The molecule has 328 valence electrons. The highest BCUT2D eigenvalue weighted by atomic mass is 31.2. The number of esters is 2. The van der Waals surface area contributed by atoms with Gasteiger partial charge in [-0.1, -0.05) is 200 Å². The molecule has 0 heterocycles. The molecule has 9 nitrogen and oxygen atoms in total. The van der Waals surface area contributed by atoms with E-state index in [1.54, 1.807) is 0 Å². The zero-order chi connectivity index (χ0) is 40.7. The molecule has 0 aromatic rings. The number of phosphoric acid groups is 1. The van der Waals surface area contributed by atoms with Crippen LogP contribution in [0.1, 0.15) is 226 Å². The minimum Gasteiger partial charge on any atom is -0.756 e. The Bertz CT molecular complexity index is 912. The number of likely N-dealkylation sites (N-methyl/N-ethyl adjacent to an activating group) is 1. The molecule has 0 aliphatic heterocycles. The summed E-state index contributed by atoms with van der Waals surface area (Å²) in [6, 6.07) is 0. The Labute approximate surface area is 340 Å². The van der Waals surface area contributed by atoms with E-state index in [4.69, 9.17) is 18.5 Å². The molecule has 0 saturated carbocycles. The van der Waals surface area contributed by atoms with Crippen molar-refractivity contribution in [1.29, 1.82) is 0 Å². The summed E-state index contributed by atoms with van der Waals surface area (Å²) in [5.74, 6) is -0.818. The molecule has 0 spiro atoms. The van der Waals surface area contributed by atoms with Gasteiger partial charge in [-0.05, 0) is 12.8 Å². The first-order valence-electron chi connectivity index (χ1n) is 23.2. The van der Waals surface area contributed by atoms with E-state index in [0.717, 1.165) is 32.1 Å². The van der Waals surface area contributed by atoms with E-state index in [1.807, 2.05) is 21.1 Å². The maximum atomic E-state index is 12.7. The van der Waals surface area contributed by atoms with Crippen LogP contribution in [-0.2, 0) is 32.7 Å².